The van der Waals surface area contributed by atoms with Crippen molar-refractivity contribution in [2.75, 3.05) is 7.11 Å². The number of Topliss-reactive ketones (excluding diaryl/α,β-unsaturated/α-hetero) is 3. The van der Waals surface area contributed by atoms with Crippen LogP contribution in [0.15, 0.2) is 23.5 Å². The van der Waals surface area contributed by atoms with Crippen molar-refractivity contribution in [3.05, 3.63) is 23.5 Å². The monoisotopic (exact) mass is 488 g/mol. The number of carbonyl (C=O) groups excluding carboxylic acids is 5. The van der Waals surface area contributed by atoms with Crippen LogP contribution in [0.3, 0.4) is 0 Å². The Bertz CT molecular complexity index is 1160. The van der Waals surface area contributed by atoms with E-state index in [0.717, 1.165) is 7.11 Å². The van der Waals surface area contributed by atoms with Gasteiger partial charge in [-0.3, -0.25) is 24.0 Å². The van der Waals surface area contributed by atoms with E-state index in [0.29, 0.717) is 0 Å². The van der Waals surface area contributed by atoms with E-state index >= 15 is 0 Å². The van der Waals surface area contributed by atoms with Gasteiger partial charge in [-0.1, -0.05) is 26.0 Å². The molecule has 190 valence electrons. The Hall–Kier alpha value is -2.81. The Labute approximate surface area is 203 Å². The molecule has 4 aliphatic rings. The Morgan fingerprint density at radius 2 is 1.66 bits per heavy atom. The summed E-state index contributed by atoms with van der Waals surface area (Å²) in [6.45, 7) is 13.0. The summed E-state index contributed by atoms with van der Waals surface area (Å²) >= 11 is 0. The molecule has 1 heterocycles. The summed E-state index contributed by atoms with van der Waals surface area (Å²) in [7, 11) is 1.04. The largest absolute Gasteiger partial charge is 0.504 e. The van der Waals surface area contributed by atoms with Gasteiger partial charge in [0.25, 0.3) is 0 Å². The van der Waals surface area contributed by atoms with Gasteiger partial charge in [0.1, 0.15) is 5.78 Å². The molecule has 0 bridgehead atoms. The first-order valence-electron chi connectivity index (χ1n) is 11.7. The van der Waals surface area contributed by atoms with Crippen molar-refractivity contribution in [1.29, 1.82) is 0 Å². The predicted octanol–water partition coefficient (Wildman–Crippen LogP) is 2.01. The van der Waals surface area contributed by atoms with Crippen LogP contribution >= 0.6 is 0 Å². The average molecular weight is 489 g/mol. The van der Waals surface area contributed by atoms with Crippen LogP contribution in [-0.2, 0) is 33.4 Å². The first kappa shape index (κ1) is 25.3. The van der Waals surface area contributed by atoms with Crippen molar-refractivity contribution in [3.8, 4) is 0 Å². The number of fused-ring (bicyclic) bond motifs is 5. The molecule has 0 aromatic carbocycles. The molecule has 0 unspecified atom stereocenters. The fourth-order valence-electron chi connectivity index (χ4n) is 7.92. The molecule has 3 aliphatic carbocycles. The van der Waals surface area contributed by atoms with Crippen LogP contribution in [0.25, 0.3) is 0 Å². The standard InChI is InChI=1S/C26H32O9/c1-11-9-13-23(5)15(28)10-14(27)22(3,4)17(23)16(29)19(31)25(13,7)26(20(32)34-8)21(33)35-12(2)18(30)24(11,26)6/h12-13,15,28-29H,1,9-10H2,2-8H3/t12-,13-,15+,23+,24-,25+,26-/m1/s1. The number of esters is 2. The minimum absolute atomic E-state index is 0.0160. The van der Waals surface area contributed by atoms with Gasteiger partial charge < -0.3 is 19.7 Å². The third kappa shape index (κ3) is 2.31. The van der Waals surface area contributed by atoms with Gasteiger partial charge in [0.05, 0.1) is 24.0 Å². The minimum Gasteiger partial charge on any atom is -0.504 e. The van der Waals surface area contributed by atoms with Gasteiger partial charge in [0.15, 0.2) is 23.1 Å². The van der Waals surface area contributed by atoms with Crippen LogP contribution in [0.1, 0.15) is 54.4 Å². The molecular formula is C26H32O9. The lowest BCUT2D eigenvalue weighted by Gasteiger charge is -2.67. The lowest BCUT2D eigenvalue weighted by molar-refractivity contribution is -0.231. The Morgan fingerprint density at radius 3 is 2.20 bits per heavy atom. The molecule has 9 nitrogen and oxygen atoms in total. The molecular weight excluding hydrogens is 456 g/mol. The average Bonchev–Trinajstić information content (AvgIpc) is 2.77. The summed E-state index contributed by atoms with van der Waals surface area (Å²) in [4.78, 5) is 68.2. The van der Waals surface area contributed by atoms with E-state index in [2.05, 4.69) is 6.58 Å². The van der Waals surface area contributed by atoms with Gasteiger partial charge in [-0.05, 0) is 45.6 Å². The summed E-state index contributed by atoms with van der Waals surface area (Å²) in [6, 6.07) is 0. The highest BCUT2D eigenvalue weighted by Crippen LogP contribution is 2.74. The number of rotatable bonds is 1. The molecule has 0 radical (unpaired) electrons. The number of ketones is 3. The molecule has 7 atom stereocenters. The first-order valence-corrected chi connectivity index (χ1v) is 11.7. The Morgan fingerprint density at radius 1 is 1.09 bits per heavy atom. The highest BCUT2D eigenvalue weighted by molar-refractivity contribution is 6.19. The van der Waals surface area contributed by atoms with Gasteiger partial charge in [0, 0.05) is 17.3 Å². The second-order valence-corrected chi connectivity index (χ2v) is 11.4. The fraction of sp³-hybridized carbons (Fsp3) is 0.654. The van der Waals surface area contributed by atoms with Gasteiger partial charge in [0.2, 0.25) is 5.78 Å². The predicted molar refractivity (Wildman–Crippen MR) is 121 cm³/mol. The van der Waals surface area contributed by atoms with Crippen molar-refractivity contribution < 1.29 is 43.7 Å². The van der Waals surface area contributed by atoms with E-state index in [1.165, 1.54) is 20.8 Å². The summed E-state index contributed by atoms with van der Waals surface area (Å²) in [5, 5.41) is 22.7. The molecule has 0 aromatic heterocycles. The SMILES string of the molecule is C=C1C[C@@H]2[C@]3(C)C(=C(O)C(=O)[C@@]2(C)[C@]2(C(=O)OC)C(=O)O[C@H](C)C(=O)[C@@]12C)C(C)(C)C(=O)C[C@@H]3O. The van der Waals surface area contributed by atoms with E-state index in [1.807, 2.05) is 0 Å². The number of hydrogen-bond donors (Lipinski definition) is 2. The Kier molecular flexibility index (Phi) is 4.98. The van der Waals surface area contributed by atoms with E-state index in [4.69, 9.17) is 9.47 Å². The van der Waals surface area contributed by atoms with E-state index in [-0.39, 0.29) is 29.8 Å². The normalized spacial score (nSPS) is 44.8. The van der Waals surface area contributed by atoms with Crippen molar-refractivity contribution in [2.45, 2.75) is 66.6 Å². The van der Waals surface area contributed by atoms with Crippen LogP contribution in [0.5, 0.6) is 0 Å². The van der Waals surface area contributed by atoms with Crippen molar-refractivity contribution in [1.82, 2.24) is 0 Å². The summed E-state index contributed by atoms with van der Waals surface area (Å²) < 4.78 is 10.4. The lowest BCUT2D eigenvalue weighted by atomic mass is 9.32. The van der Waals surface area contributed by atoms with Gasteiger partial charge in [-0.2, -0.15) is 0 Å². The smallest absolute Gasteiger partial charge is 0.326 e. The van der Waals surface area contributed by atoms with Crippen molar-refractivity contribution in [3.63, 3.8) is 0 Å². The summed E-state index contributed by atoms with van der Waals surface area (Å²) in [6.07, 6.45) is -2.81. The maximum Gasteiger partial charge on any atom is 0.326 e. The number of aliphatic hydroxyl groups excluding tert-OH is 2. The van der Waals surface area contributed by atoms with Crippen LogP contribution in [0, 0.1) is 33.0 Å². The Balaban J connectivity index is 2.19. The van der Waals surface area contributed by atoms with Gasteiger partial charge in [-0.15, -0.1) is 0 Å². The first-order chi connectivity index (χ1) is 15.9. The number of ether oxygens (including phenoxy) is 2. The minimum atomic E-state index is -2.51. The van der Waals surface area contributed by atoms with Crippen molar-refractivity contribution >= 4 is 29.3 Å². The highest BCUT2D eigenvalue weighted by atomic mass is 16.6. The van der Waals surface area contributed by atoms with Crippen LogP contribution in [0.2, 0.25) is 0 Å². The highest BCUT2D eigenvalue weighted by Gasteiger charge is 2.85. The third-order valence-electron chi connectivity index (χ3n) is 9.91. The number of methoxy groups -OCH3 is 1. The second kappa shape index (κ2) is 6.90. The number of allylic oxidation sites excluding steroid dienone is 2. The maximum atomic E-state index is 14.2. The topological polar surface area (TPSA) is 144 Å². The zero-order valence-corrected chi connectivity index (χ0v) is 21.1. The number of hydrogen-bond acceptors (Lipinski definition) is 9. The molecule has 1 saturated heterocycles. The quantitative estimate of drug-likeness (QED) is 0.322. The number of aliphatic hydroxyl groups is 2. The molecule has 2 saturated carbocycles. The third-order valence-corrected chi connectivity index (χ3v) is 9.91. The molecule has 2 N–H and O–H groups in total. The maximum absolute atomic E-state index is 14.2. The second-order valence-electron chi connectivity index (χ2n) is 11.4. The van der Waals surface area contributed by atoms with E-state index in [9.17, 15) is 34.2 Å². The van der Waals surface area contributed by atoms with Crippen LogP contribution in [0.4, 0.5) is 0 Å². The van der Waals surface area contributed by atoms with Crippen LogP contribution in [-0.4, -0.2) is 58.8 Å². The number of carbonyl (C=O) groups is 5. The molecule has 35 heavy (non-hydrogen) atoms. The molecule has 9 heteroatoms. The molecule has 4 rings (SSSR count). The van der Waals surface area contributed by atoms with Gasteiger partial charge in [-0.25, -0.2) is 0 Å². The van der Waals surface area contributed by atoms with E-state index in [1.54, 1.807) is 20.8 Å². The zero-order valence-electron chi connectivity index (χ0n) is 21.1. The molecule has 0 aromatic rings. The molecule has 0 amide bonds. The summed E-state index contributed by atoms with van der Waals surface area (Å²) in [5.41, 5.74) is -8.90. The summed E-state index contributed by atoms with van der Waals surface area (Å²) in [5.74, 6) is -6.02. The molecule has 0 spiro atoms. The lowest BCUT2D eigenvalue weighted by Crippen LogP contribution is -2.78. The number of cyclic esters (lactones) is 1. The molecule has 3 fully saturated rings. The van der Waals surface area contributed by atoms with Crippen molar-refractivity contribution in [2.24, 2.45) is 33.0 Å². The fourth-order valence-corrected chi connectivity index (χ4v) is 7.92. The zero-order chi connectivity index (χ0) is 26.7. The molecule has 1 aliphatic heterocycles. The van der Waals surface area contributed by atoms with Gasteiger partial charge >= 0.3 is 11.9 Å². The van der Waals surface area contributed by atoms with Crippen LogP contribution < -0.4 is 0 Å². The van der Waals surface area contributed by atoms with E-state index < -0.39 is 74.5 Å².